The quantitative estimate of drug-likeness (QED) is 0.795. The molecule has 0 radical (unpaired) electrons. The molecule has 0 saturated carbocycles. The monoisotopic (exact) mass is 225 g/mol. The second-order valence-electron chi connectivity index (χ2n) is 5.85. The first kappa shape index (κ1) is 11.0. The SMILES string of the molecule is NCC1(CC2CCOCC2)CC2CCC1O2. The molecule has 3 atom stereocenters. The van der Waals surface area contributed by atoms with E-state index in [-0.39, 0.29) is 0 Å². The van der Waals surface area contributed by atoms with Crippen molar-refractivity contribution in [2.24, 2.45) is 17.1 Å². The van der Waals surface area contributed by atoms with Gasteiger partial charge in [-0.25, -0.2) is 0 Å². The van der Waals surface area contributed by atoms with Crippen LogP contribution < -0.4 is 5.73 Å². The fourth-order valence-corrected chi connectivity index (χ4v) is 3.93. The smallest absolute Gasteiger partial charge is 0.0649 e. The van der Waals surface area contributed by atoms with Gasteiger partial charge in [0, 0.05) is 25.2 Å². The van der Waals surface area contributed by atoms with Gasteiger partial charge in [-0.05, 0) is 44.4 Å². The standard InChI is InChI=1S/C13H23NO2/c14-9-13(7-10-3-5-15-6-4-10)8-11-1-2-12(13)16-11/h10-12H,1-9,14H2. The molecular weight excluding hydrogens is 202 g/mol. The van der Waals surface area contributed by atoms with Gasteiger partial charge in [0.15, 0.2) is 0 Å². The predicted octanol–water partition coefficient (Wildman–Crippen LogP) is 1.70. The lowest BCUT2D eigenvalue weighted by atomic mass is 9.68. The van der Waals surface area contributed by atoms with Gasteiger partial charge in [0.05, 0.1) is 12.2 Å². The van der Waals surface area contributed by atoms with Gasteiger partial charge in [0.25, 0.3) is 0 Å². The van der Waals surface area contributed by atoms with Crippen molar-refractivity contribution >= 4 is 0 Å². The summed E-state index contributed by atoms with van der Waals surface area (Å²) in [7, 11) is 0. The Hall–Kier alpha value is -0.120. The zero-order valence-electron chi connectivity index (χ0n) is 9.99. The Kier molecular flexibility index (Phi) is 2.94. The largest absolute Gasteiger partial charge is 0.381 e. The molecule has 0 aromatic heterocycles. The third-order valence-electron chi connectivity index (χ3n) is 4.87. The van der Waals surface area contributed by atoms with Crippen LogP contribution in [0.1, 0.15) is 38.5 Å². The summed E-state index contributed by atoms with van der Waals surface area (Å²) >= 11 is 0. The number of nitrogens with two attached hydrogens (primary N) is 1. The maximum Gasteiger partial charge on any atom is 0.0649 e. The third-order valence-corrected chi connectivity index (χ3v) is 4.87. The van der Waals surface area contributed by atoms with E-state index in [2.05, 4.69) is 0 Å². The molecule has 0 aromatic rings. The van der Waals surface area contributed by atoms with Crippen LogP contribution in [0.4, 0.5) is 0 Å². The summed E-state index contributed by atoms with van der Waals surface area (Å²) in [4.78, 5) is 0. The summed E-state index contributed by atoms with van der Waals surface area (Å²) in [5.74, 6) is 0.820. The molecule has 3 saturated heterocycles. The Bertz CT molecular complexity index is 252. The fraction of sp³-hybridized carbons (Fsp3) is 1.00. The van der Waals surface area contributed by atoms with E-state index in [1.165, 1.54) is 38.5 Å². The maximum atomic E-state index is 6.06. The van der Waals surface area contributed by atoms with E-state index in [1.54, 1.807) is 0 Å². The van der Waals surface area contributed by atoms with E-state index in [0.717, 1.165) is 25.7 Å². The molecule has 3 unspecified atom stereocenters. The number of rotatable bonds is 3. The van der Waals surface area contributed by atoms with Crippen LogP contribution >= 0.6 is 0 Å². The Morgan fingerprint density at radius 1 is 1.12 bits per heavy atom. The van der Waals surface area contributed by atoms with E-state index in [9.17, 15) is 0 Å². The first-order chi connectivity index (χ1) is 7.82. The van der Waals surface area contributed by atoms with E-state index >= 15 is 0 Å². The van der Waals surface area contributed by atoms with Crippen molar-refractivity contribution in [3.05, 3.63) is 0 Å². The molecule has 0 spiro atoms. The Labute approximate surface area is 97.7 Å². The average molecular weight is 225 g/mol. The highest BCUT2D eigenvalue weighted by molar-refractivity contribution is 5.02. The molecule has 3 heterocycles. The van der Waals surface area contributed by atoms with Gasteiger partial charge in [0.2, 0.25) is 0 Å². The van der Waals surface area contributed by atoms with Crippen molar-refractivity contribution in [2.75, 3.05) is 19.8 Å². The van der Waals surface area contributed by atoms with Crippen molar-refractivity contribution in [1.82, 2.24) is 0 Å². The second-order valence-corrected chi connectivity index (χ2v) is 5.85. The number of ether oxygens (including phenoxy) is 2. The van der Waals surface area contributed by atoms with Crippen LogP contribution in [0.25, 0.3) is 0 Å². The molecule has 2 bridgehead atoms. The van der Waals surface area contributed by atoms with Gasteiger partial charge in [0.1, 0.15) is 0 Å². The maximum absolute atomic E-state index is 6.06. The number of hydrogen-bond acceptors (Lipinski definition) is 3. The summed E-state index contributed by atoms with van der Waals surface area (Å²) in [6.07, 6.45) is 8.42. The number of fused-ring (bicyclic) bond motifs is 2. The van der Waals surface area contributed by atoms with Gasteiger partial charge in [-0.2, -0.15) is 0 Å². The second kappa shape index (κ2) is 4.28. The predicted molar refractivity (Wildman–Crippen MR) is 62.2 cm³/mol. The summed E-state index contributed by atoms with van der Waals surface area (Å²) < 4.78 is 11.4. The van der Waals surface area contributed by atoms with Crippen LogP contribution in [0.15, 0.2) is 0 Å². The molecular formula is C13H23NO2. The van der Waals surface area contributed by atoms with Crippen molar-refractivity contribution in [2.45, 2.75) is 50.7 Å². The minimum atomic E-state index is 0.310. The molecule has 3 aliphatic heterocycles. The van der Waals surface area contributed by atoms with Crippen LogP contribution in [0.2, 0.25) is 0 Å². The Morgan fingerprint density at radius 3 is 2.50 bits per heavy atom. The first-order valence-corrected chi connectivity index (χ1v) is 6.76. The van der Waals surface area contributed by atoms with Crippen molar-refractivity contribution < 1.29 is 9.47 Å². The average Bonchev–Trinajstić information content (AvgIpc) is 2.91. The highest BCUT2D eigenvalue weighted by atomic mass is 16.5. The summed E-state index contributed by atoms with van der Waals surface area (Å²) in [6.45, 7) is 2.70. The topological polar surface area (TPSA) is 44.5 Å². The zero-order chi connectivity index (χ0) is 11.0. The van der Waals surface area contributed by atoms with Crippen LogP contribution in [0, 0.1) is 11.3 Å². The minimum Gasteiger partial charge on any atom is -0.381 e. The lowest BCUT2D eigenvalue weighted by molar-refractivity contribution is 0.0206. The Morgan fingerprint density at radius 2 is 1.94 bits per heavy atom. The van der Waals surface area contributed by atoms with Crippen molar-refractivity contribution in [3.8, 4) is 0 Å². The lowest BCUT2D eigenvalue weighted by Crippen LogP contribution is -2.41. The van der Waals surface area contributed by atoms with E-state index < -0.39 is 0 Å². The Balaban J connectivity index is 1.66. The first-order valence-electron chi connectivity index (χ1n) is 6.76. The third kappa shape index (κ3) is 1.79. The molecule has 2 N–H and O–H groups in total. The fourth-order valence-electron chi connectivity index (χ4n) is 3.93. The van der Waals surface area contributed by atoms with Crippen LogP contribution in [0.3, 0.4) is 0 Å². The molecule has 0 aromatic carbocycles. The van der Waals surface area contributed by atoms with Gasteiger partial charge in [-0.1, -0.05) is 0 Å². The highest BCUT2D eigenvalue weighted by Gasteiger charge is 2.51. The highest BCUT2D eigenvalue weighted by Crippen LogP contribution is 2.51. The lowest BCUT2D eigenvalue weighted by Gasteiger charge is -2.38. The number of hydrogen-bond donors (Lipinski definition) is 1. The molecule has 3 fully saturated rings. The summed E-state index contributed by atoms with van der Waals surface area (Å²) in [6, 6.07) is 0. The molecule has 3 rings (SSSR count). The van der Waals surface area contributed by atoms with E-state index in [4.69, 9.17) is 15.2 Å². The van der Waals surface area contributed by atoms with Gasteiger partial charge in [-0.3, -0.25) is 0 Å². The van der Waals surface area contributed by atoms with Crippen LogP contribution in [0.5, 0.6) is 0 Å². The van der Waals surface area contributed by atoms with Gasteiger partial charge < -0.3 is 15.2 Å². The minimum absolute atomic E-state index is 0.310. The summed E-state index contributed by atoms with van der Waals surface area (Å²) in [5, 5.41) is 0. The molecule has 3 nitrogen and oxygen atoms in total. The van der Waals surface area contributed by atoms with Gasteiger partial charge in [-0.15, -0.1) is 0 Å². The normalized spacial score (nSPS) is 44.1. The van der Waals surface area contributed by atoms with E-state index in [1.807, 2.05) is 0 Å². The van der Waals surface area contributed by atoms with Gasteiger partial charge >= 0.3 is 0 Å². The van der Waals surface area contributed by atoms with E-state index in [0.29, 0.717) is 17.6 Å². The van der Waals surface area contributed by atoms with Crippen molar-refractivity contribution in [3.63, 3.8) is 0 Å². The van der Waals surface area contributed by atoms with Crippen LogP contribution in [-0.4, -0.2) is 32.0 Å². The molecule has 92 valence electrons. The van der Waals surface area contributed by atoms with Crippen LogP contribution in [-0.2, 0) is 9.47 Å². The summed E-state index contributed by atoms with van der Waals surface area (Å²) in [5.41, 5.74) is 6.37. The molecule has 0 amide bonds. The molecule has 0 aliphatic carbocycles. The molecule has 3 heteroatoms. The molecule has 3 aliphatic rings. The molecule has 16 heavy (non-hydrogen) atoms. The van der Waals surface area contributed by atoms with Crippen molar-refractivity contribution in [1.29, 1.82) is 0 Å². The zero-order valence-corrected chi connectivity index (χ0v) is 9.99.